The number of carbonyl (C=O) groups excluding carboxylic acids is 1. The number of oxazole rings is 1. The maximum absolute atomic E-state index is 12.7. The predicted octanol–water partition coefficient (Wildman–Crippen LogP) is 4.93. The number of phenolic OH excluding ortho intramolecular Hbond substituents is 1. The summed E-state index contributed by atoms with van der Waals surface area (Å²) in [6.45, 7) is 2.04. The van der Waals surface area contributed by atoms with Gasteiger partial charge in [-0.25, -0.2) is 4.98 Å². The lowest BCUT2D eigenvalue weighted by atomic mass is 10.1. The fourth-order valence-electron chi connectivity index (χ4n) is 3.27. The third-order valence-electron chi connectivity index (χ3n) is 4.98. The van der Waals surface area contributed by atoms with Crippen molar-refractivity contribution in [2.24, 2.45) is 0 Å². The van der Waals surface area contributed by atoms with Crippen molar-refractivity contribution in [2.75, 3.05) is 12.4 Å². The van der Waals surface area contributed by atoms with E-state index in [1.807, 2.05) is 25.1 Å². The molecule has 0 radical (unpaired) electrons. The van der Waals surface area contributed by atoms with Gasteiger partial charge in [-0.15, -0.1) is 0 Å². The molecular weight excluding hydrogens is 414 g/mol. The van der Waals surface area contributed by atoms with E-state index in [2.05, 4.69) is 10.3 Å². The number of nitro groups is 1. The first kappa shape index (κ1) is 20.9. The summed E-state index contributed by atoms with van der Waals surface area (Å²) in [5.41, 5.74) is 2.78. The number of fused-ring (bicyclic) bond motifs is 1. The molecule has 4 aromatic rings. The molecule has 0 aliphatic rings. The summed E-state index contributed by atoms with van der Waals surface area (Å²) in [6, 6.07) is 14.1. The Kier molecular flexibility index (Phi) is 5.46. The molecular formula is C23H19N3O6. The molecule has 0 saturated carbocycles. The van der Waals surface area contributed by atoms with E-state index < -0.39 is 10.8 Å². The molecule has 0 unspecified atom stereocenters. The topological polar surface area (TPSA) is 128 Å². The summed E-state index contributed by atoms with van der Waals surface area (Å²) in [7, 11) is 1.31. The minimum absolute atomic E-state index is 0.0562. The van der Waals surface area contributed by atoms with Crippen molar-refractivity contribution >= 4 is 28.4 Å². The molecule has 9 heteroatoms. The largest absolute Gasteiger partial charge is 0.507 e. The van der Waals surface area contributed by atoms with Crippen molar-refractivity contribution in [3.63, 3.8) is 0 Å². The van der Waals surface area contributed by atoms with Crippen LogP contribution in [-0.4, -0.2) is 28.0 Å². The number of nitrogens with zero attached hydrogens (tertiary/aromatic N) is 2. The zero-order valence-electron chi connectivity index (χ0n) is 17.3. The van der Waals surface area contributed by atoms with Gasteiger partial charge in [-0.1, -0.05) is 13.0 Å². The number of amides is 1. The van der Waals surface area contributed by atoms with Crippen LogP contribution in [0.5, 0.6) is 11.5 Å². The Balaban J connectivity index is 1.64. The third-order valence-corrected chi connectivity index (χ3v) is 4.98. The van der Waals surface area contributed by atoms with E-state index in [9.17, 15) is 20.0 Å². The Morgan fingerprint density at radius 3 is 2.72 bits per heavy atom. The van der Waals surface area contributed by atoms with Crippen LogP contribution in [0, 0.1) is 10.1 Å². The second-order valence-corrected chi connectivity index (χ2v) is 7.00. The third kappa shape index (κ3) is 3.95. The Morgan fingerprint density at radius 2 is 2.00 bits per heavy atom. The van der Waals surface area contributed by atoms with Crippen LogP contribution in [0.2, 0.25) is 0 Å². The van der Waals surface area contributed by atoms with E-state index in [1.54, 1.807) is 0 Å². The van der Waals surface area contributed by atoms with Gasteiger partial charge in [0, 0.05) is 17.3 Å². The summed E-state index contributed by atoms with van der Waals surface area (Å²) in [5.74, 6) is -0.356. The number of rotatable bonds is 6. The van der Waals surface area contributed by atoms with E-state index in [1.165, 1.54) is 37.4 Å². The normalized spacial score (nSPS) is 10.8. The Bertz CT molecular complexity index is 1350. The average molecular weight is 433 g/mol. The molecule has 0 spiro atoms. The number of aromatic hydroxyl groups is 1. The van der Waals surface area contributed by atoms with E-state index in [0.717, 1.165) is 18.1 Å². The smallest absolute Gasteiger partial charge is 0.311 e. The summed E-state index contributed by atoms with van der Waals surface area (Å²) in [5, 5.41) is 24.2. The predicted molar refractivity (Wildman–Crippen MR) is 118 cm³/mol. The molecule has 0 saturated heterocycles. The zero-order valence-corrected chi connectivity index (χ0v) is 17.3. The highest BCUT2D eigenvalue weighted by molar-refractivity contribution is 6.05. The highest BCUT2D eigenvalue weighted by atomic mass is 16.6. The van der Waals surface area contributed by atoms with Crippen molar-refractivity contribution in [1.82, 2.24) is 4.98 Å². The minimum Gasteiger partial charge on any atom is -0.507 e. The highest BCUT2D eigenvalue weighted by Gasteiger charge is 2.19. The molecule has 0 fully saturated rings. The number of carbonyl (C=O) groups is 1. The molecule has 1 aromatic heterocycles. The molecule has 0 atom stereocenters. The van der Waals surface area contributed by atoms with Gasteiger partial charge in [-0.3, -0.25) is 14.9 Å². The number of hydrogen-bond acceptors (Lipinski definition) is 7. The summed E-state index contributed by atoms with van der Waals surface area (Å²) in [4.78, 5) is 27.7. The summed E-state index contributed by atoms with van der Waals surface area (Å²) in [6.07, 6.45) is 0.856. The number of ether oxygens (including phenoxy) is 1. The number of phenols is 1. The summed E-state index contributed by atoms with van der Waals surface area (Å²) >= 11 is 0. The molecule has 4 rings (SSSR count). The summed E-state index contributed by atoms with van der Waals surface area (Å²) < 4.78 is 10.7. The van der Waals surface area contributed by atoms with Crippen LogP contribution in [0.15, 0.2) is 59.0 Å². The molecule has 3 aromatic carbocycles. The number of benzene rings is 3. The molecule has 0 aliphatic heterocycles. The number of methoxy groups -OCH3 is 1. The molecule has 2 N–H and O–H groups in total. The van der Waals surface area contributed by atoms with E-state index in [0.29, 0.717) is 22.4 Å². The lowest BCUT2D eigenvalue weighted by Gasteiger charge is -2.08. The van der Waals surface area contributed by atoms with Gasteiger partial charge in [-0.2, -0.15) is 0 Å². The van der Waals surface area contributed by atoms with Gasteiger partial charge in [0.1, 0.15) is 11.3 Å². The fourth-order valence-corrected chi connectivity index (χ4v) is 3.27. The maximum Gasteiger partial charge on any atom is 0.311 e. The lowest BCUT2D eigenvalue weighted by Crippen LogP contribution is -2.12. The maximum atomic E-state index is 12.7. The monoisotopic (exact) mass is 433 g/mol. The number of hydrogen-bond donors (Lipinski definition) is 2. The van der Waals surface area contributed by atoms with Crippen LogP contribution >= 0.6 is 0 Å². The van der Waals surface area contributed by atoms with Crippen molar-refractivity contribution in [1.29, 1.82) is 0 Å². The fraction of sp³-hybridized carbons (Fsp3) is 0.130. The molecule has 1 amide bonds. The zero-order chi connectivity index (χ0) is 22.8. The van der Waals surface area contributed by atoms with Gasteiger partial charge in [0.2, 0.25) is 5.89 Å². The van der Waals surface area contributed by atoms with Crippen LogP contribution in [-0.2, 0) is 6.42 Å². The first-order valence-corrected chi connectivity index (χ1v) is 9.76. The highest BCUT2D eigenvalue weighted by Crippen LogP contribution is 2.34. The minimum atomic E-state index is -0.620. The van der Waals surface area contributed by atoms with Crippen LogP contribution in [0.25, 0.3) is 22.6 Å². The van der Waals surface area contributed by atoms with Gasteiger partial charge >= 0.3 is 5.69 Å². The van der Waals surface area contributed by atoms with Crippen molar-refractivity contribution in [2.45, 2.75) is 13.3 Å². The van der Waals surface area contributed by atoms with Gasteiger partial charge in [0.05, 0.1) is 17.6 Å². The Labute approximate surface area is 182 Å². The van der Waals surface area contributed by atoms with Crippen LogP contribution in [0.4, 0.5) is 11.4 Å². The molecule has 9 nitrogen and oxygen atoms in total. The first-order chi connectivity index (χ1) is 15.4. The number of nitrogens with one attached hydrogen (secondary N) is 1. The number of anilines is 1. The Morgan fingerprint density at radius 1 is 1.19 bits per heavy atom. The van der Waals surface area contributed by atoms with Gasteiger partial charge in [-0.05, 0) is 54.4 Å². The van der Waals surface area contributed by atoms with Gasteiger partial charge in [0.25, 0.3) is 5.91 Å². The second-order valence-electron chi connectivity index (χ2n) is 7.00. The molecule has 0 bridgehead atoms. The standard InChI is InChI=1S/C23H19N3O6/c1-3-13-4-8-20-17(10-13)25-23(32-20)16-12-15(6-7-19(16)27)24-22(28)14-5-9-21(31-2)18(11-14)26(29)30/h4-12,27H,3H2,1-2H3,(H,24,28). The van der Waals surface area contributed by atoms with Crippen LogP contribution < -0.4 is 10.1 Å². The number of aryl methyl sites for hydroxylation is 1. The van der Waals surface area contributed by atoms with Gasteiger partial charge in [0.15, 0.2) is 11.3 Å². The first-order valence-electron chi connectivity index (χ1n) is 9.76. The van der Waals surface area contributed by atoms with E-state index in [4.69, 9.17) is 9.15 Å². The van der Waals surface area contributed by atoms with Crippen LogP contribution in [0.3, 0.4) is 0 Å². The Hall–Kier alpha value is -4.40. The van der Waals surface area contributed by atoms with Crippen LogP contribution in [0.1, 0.15) is 22.8 Å². The van der Waals surface area contributed by atoms with Crippen molar-refractivity contribution in [3.8, 4) is 23.0 Å². The quantitative estimate of drug-likeness (QED) is 0.251. The molecule has 1 heterocycles. The lowest BCUT2D eigenvalue weighted by molar-refractivity contribution is -0.385. The van der Waals surface area contributed by atoms with Gasteiger partial charge < -0.3 is 19.6 Å². The molecule has 162 valence electrons. The number of aromatic nitrogens is 1. The van der Waals surface area contributed by atoms with E-state index >= 15 is 0 Å². The number of nitro benzene ring substituents is 1. The molecule has 32 heavy (non-hydrogen) atoms. The molecule has 0 aliphatic carbocycles. The average Bonchev–Trinajstić information content (AvgIpc) is 3.22. The van der Waals surface area contributed by atoms with E-state index in [-0.39, 0.29) is 28.6 Å². The SMILES string of the molecule is CCc1ccc2oc(-c3cc(NC(=O)c4ccc(OC)c([N+](=O)[O-])c4)ccc3O)nc2c1. The van der Waals surface area contributed by atoms with Crippen molar-refractivity contribution < 1.29 is 24.0 Å². The second kappa shape index (κ2) is 8.38. The van der Waals surface area contributed by atoms with Crippen molar-refractivity contribution in [3.05, 3.63) is 75.8 Å².